The van der Waals surface area contributed by atoms with E-state index in [1.165, 1.54) is 0 Å². The third-order valence-electron chi connectivity index (χ3n) is 1.99. The molecule has 1 rings (SSSR count). The average Bonchev–Trinajstić information content (AvgIpc) is 2.03. The van der Waals surface area contributed by atoms with E-state index >= 15 is 0 Å². The van der Waals surface area contributed by atoms with Gasteiger partial charge in [-0.15, -0.1) is 0 Å². The van der Waals surface area contributed by atoms with E-state index in [2.05, 4.69) is 20.8 Å². The zero-order valence-corrected chi connectivity index (χ0v) is 11.1. The Hall–Kier alpha value is -0.310. The van der Waals surface area contributed by atoms with Crippen LogP contribution in [0.1, 0.15) is 36.7 Å². The van der Waals surface area contributed by atoms with Gasteiger partial charge >= 0.3 is 29.6 Å². The van der Waals surface area contributed by atoms with Crippen LogP contribution in [-0.2, 0) is 5.41 Å². The van der Waals surface area contributed by atoms with Crippen molar-refractivity contribution >= 4 is 5.97 Å². The number of rotatable bonds is 1. The van der Waals surface area contributed by atoms with Crippen molar-refractivity contribution < 1.29 is 39.5 Å². The Morgan fingerprint density at radius 1 is 1.14 bits per heavy atom. The molecule has 0 saturated carbocycles. The maximum atomic E-state index is 10.5. The largest absolute Gasteiger partial charge is 1.00 e. The molecule has 0 saturated heterocycles. The van der Waals surface area contributed by atoms with Crippen molar-refractivity contribution in [2.24, 2.45) is 0 Å². The van der Waals surface area contributed by atoms with Gasteiger partial charge in [0.25, 0.3) is 0 Å². The van der Waals surface area contributed by atoms with Crippen molar-refractivity contribution in [2.45, 2.75) is 26.2 Å². The Morgan fingerprint density at radius 2 is 1.57 bits per heavy atom. The molecule has 1 aromatic carbocycles. The predicted octanol–water partition coefficient (Wildman–Crippen LogP) is -1.65. The Balaban J connectivity index is 0.00000169. The second-order valence-corrected chi connectivity index (χ2v) is 4.11. The molecule has 0 unspecified atom stereocenters. The molecule has 2 nitrogen and oxygen atoms in total. The van der Waals surface area contributed by atoms with Crippen LogP contribution in [0.2, 0.25) is 0 Å². The summed E-state index contributed by atoms with van der Waals surface area (Å²) < 4.78 is 0. The number of hydrogen-bond acceptors (Lipinski definition) is 2. The molecule has 1 aromatic rings. The molecule has 0 radical (unpaired) electrons. The van der Waals surface area contributed by atoms with Crippen LogP contribution in [0.4, 0.5) is 0 Å². The summed E-state index contributed by atoms with van der Waals surface area (Å²) in [4.78, 5) is 10.5. The van der Waals surface area contributed by atoms with Crippen LogP contribution in [-0.4, -0.2) is 5.97 Å². The molecular formula is C11H13NaO2. The zero-order chi connectivity index (χ0) is 10.1. The topological polar surface area (TPSA) is 40.1 Å². The normalized spacial score (nSPS) is 10.5. The Morgan fingerprint density at radius 3 is 1.86 bits per heavy atom. The molecule has 70 valence electrons. The molecule has 0 heterocycles. The molecule has 0 aliphatic heterocycles. The Kier molecular flexibility index (Phi) is 4.85. The number of benzene rings is 1. The first-order valence-corrected chi connectivity index (χ1v) is 4.23. The van der Waals surface area contributed by atoms with Crippen molar-refractivity contribution in [1.29, 1.82) is 0 Å². The quantitative estimate of drug-likeness (QED) is 0.510. The molecular weight excluding hydrogens is 187 g/mol. The van der Waals surface area contributed by atoms with Crippen molar-refractivity contribution in [3.63, 3.8) is 0 Å². The predicted molar refractivity (Wildman–Crippen MR) is 49.5 cm³/mol. The fraction of sp³-hybridized carbons (Fsp3) is 0.364. The number of hydrogen-bond donors (Lipinski definition) is 0. The summed E-state index contributed by atoms with van der Waals surface area (Å²) in [6, 6.07) is 6.81. The van der Waals surface area contributed by atoms with Crippen molar-refractivity contribution in [3.8, 4) is 0 Å². The molecule has 14 heavy (non-hydrogen) atoms. The van der Waals surface area contributed by atoms with Gasteiger partial charge in [0.15, 0.2) is 0 Å². The third kappa shape index (κ3) is 3.45. The first-order chi connectivity index (χ1) is 5.91. The van der Waals surface area contributed by atoms with E-state index in [9.17, 15) is 9.90 Å². The Bertz CT molecular complexity index is 309. The molecule has 0 fully saturated rings. The molecule has 0 spiro atoms. The van der Waals surface area contributed by atoms with Crippen LogP contribution in [0.15, 0.2) is 24.3 Å². The van der Waals surface area contributed by atoms with Crippen LogP contribution in [0.5, 0.6) is 0 Å². The van der Waals surface area contributed by atoms with E-state index in [0.29, 0.717) is 0 Å². The summed E-state index contributed by atoms with van der Waals surface area (Å²) in [7, 11) is 0. The standard InChI is InChI=1S/C11H14O2.Na/c1-11(2,3)9-6-4-8(5-7-9)10(12)13;/h4-7H,1-3H3,(H,12,13);/q;+1/p-1. The van der Waals surface area contributed by atoms with Crippen LogP contribution >= 0.6 is 0 Å². The van der Waals surface area contributed by atoms with Gasteiger partial charge < -0.3 is 9.90 Å². The summed E-state index contributed by atoms with van der Waals surface area (Å²) >= 11 is 0. The van der Waals surface area contributed by atoms with Crippen LogP contribution in [0.25, 0.3) is 0 Å². The number of carboxylic acid groups (broad SMARTS) is 1. The van der Waals surface area contributed by atoms with E-state index in [1.54, 1.807) is 12.1 Å². The molecule has 0 bridgehead atoms. The zero-order valence-electron chi connectivity index (χ0n) is 9.13. The van der Waals surface area contributed by atoms with E-state index in [4.69, 9.17) is 0 Å². The first-order valence-electron chi connectivity index (χ1n) is 4.23. The minimum atomic E-state index is -1.12. The van der Waals surface area contributed by atoms with Gasteiger partial charge in [0.1, 0.15) is 0 Å². The fourth-order valence-corrected chi connectivity index (χ4v) is 1.11. The smallest absolute Gasteiger partial charge is 0.545 e. The van der Waals surface area contributed by atoms with Gasteiger partial charge in [0.05, 0.1) is 5.97 Å². The Labute approximate surface area is 107 Å². The van der Waals surface area contributed by atoms with E-state index in [0.717, 1.165) is 5.56 Å². The molecule has 0 N–H and O–H groups in total. The van der Waals surface area contributed by atoms with Crippen molar-refractivity contribution in [3.05, 3.63) is 35.4 Å². The minimum Gasteiger partial charge on any atom is -0.545 e. The van der Waals surface area contributed by atoms with Crippen LogP contribution in [0.3, 0.4) is 0 Å². The molecule has 3 heteroatoms. The fourth-order valence-electron chi connectivity index (χ4n) is 1.11. The van der Waals surface area contributed by atoms with Gasteiger partial charge in [-0.3, -0.25) is 0 Å². The minimum absolute atomic E-state index is 0. The average molecular weight is 200 g/mol. The van der Waals surface area contributed by atoms with Gasteiger partial charge in [-0.25, -0.2) is 0 Å². The van der Waals surface area contributed by atoms with Gasteiger partial charge in [-0.1, -0.05) is 45.0 Å². The van der Waals surface area contributed by atoms with E-state index in [1.807, 2.05) is 12.1 Å². The van der Waals surface area contributed by atoms with E-state index in [-0.39, 0.29) is 40.5 Å². The number of carbonyl (C=O) groups is 1. The van der Waals surface area contributed by atoms with Gasteiger partial charge in [-0.05, 0) is 16.5 Å². The maximum absolute atomic E-state index is 10.5. The van der Waals surface area contributed by atoms with Crippen molar-refractivity contribution in [2.75, 3.05) is 0 Å². The summed E-state index contributed by atoms with van der Waals surface area (Å²) in [6.07, 6.45) is 0. The number of aromatic carboxylic acids is 1. The summed E-state index contributed by atoms with van der Waals surface area (Å²) in [5.74, 6) is -1.12. The molecule has 0 aliphatic rings. The van der Waals surface area contributed by atoms with E-state index < -0.39 is 5.97 Å². The van der Waals surface area contributed by atoms with Crippen LogP contribution in [0, 0.1) is 0 Å². The summed E-state index contributed by atoms with van der Waals surface area (Å²) in [5, 5.41) is 10.5. The van der Waals surface area contributed by atoms with Crippen LogP contribution < -0.4 is 34.7 Å². The molecule has 0 aromatic heterocycles. The molecule has 0 atom stereocenters. The number of carboxylic acids is 1. The summed E-state index contributed by atoms with van der Waals surface area (Å²) in [5.41, 5.74) is 1.41. The number of carbonyl (C=O) groups excluding carboxylic acids is 1. The monoisotopic (exact) mass is 200 g/mol. The van der Waals surface area contributed by atoms with Crippen molar-refractivity contribution in [1.82, 2.24) is 0 Å². The second kappa shape index (κ2) is 4.96. The molecule has 0 amide bonds. The van der Waals surface area contributed by atoms with Gasteiger partial charge in [0, 0.05) is 0 Å². The molecule has 0 aliphatic carbocycles. The maximum Gasteiger partial charge on any atom is 1.00 e. The third-order valence-corrected chi connectivity index (χ3v) is 1.99. The van der Waals surface area contributed by atoms with Gasteiger partial charge in [0.2, 0.25) is 0 Å². The first kappa shape index (κ1) is 13.7. The van der Waals surface area contributed by atoms with Gasteiger partial charge in [-0.2, -0.15) is 0 Å². The SMILES string of the molecule is CC(C)(C)c1ccc(C(=O)[O-])cc1.[Na+]. The second-order valence-electron chi connectivity index (χ2n) is 4.11. The summed E-state index contributed by atoms with van der Waals surface area (Å²) in [6.45, 7) is 6.25.